The predicted molar refractivity (Wildman–Crippen MR) is 90.0 cm³/mol. The van der Waals surface area contributed by atoms with Gasteiger partial charge >= 0.3 is 0 Å². The maximum atomic E-state index is 13.4. The summed E-state index contributed by atoms with van der Waals surface area (Å²) in [5, 5.41) is 0. The molecule has 0 aliphatic carbocycles. The number of rotatable bonds is 4. The van der Waals surface area contributed by atoms with Crippen molar-refractivity contribution in [3.8, 4) is 5.75 Å². The molecule has 1 unspecified atom stereocenters. The van der Waals surface area contributed by atoms with Crippen LogP contribution >= 0.6 is 0 Å². The molecule has 1 aliphatic rings. The second kappa shape index (κ2) is 6.91. The lowest BCUT2D eigenvalue weighted by molar-refractivity contribution is 0.130. The number of benzene rings is 2. The highest BCUT2D eigenvalue weighted by Gasteiger charge is 2.31. The smallest absolute Gasteiger partial charge is 0.243 e. The first-order chi connectivity index (χ1) is 11.5. The van der Waals surface area contributed by atoms with Crippen molar-refractivity contribution in [3.05, 3.63) is 59.9 Å². The van der Waals surface area contributed by atoms with Crippen LogP contribution in [-0.2, 0) is 10.0 Å². The Hall–Kier alpha value is -1.92. The minimum atomic E-state index is -3.64. The molecule has 1 fully saturated rings. The van der Waals surface area contributed by atoms with E-state index in [4.69, 9.17) is 4.74 Å². The van der Waals surface area contributed by atoms with Crippen LogP contribution in [0.25, 0.3) is 0 Å². The van der Waals surface area contributed by atoms with Crippen molar-refractivity contribution >= 4 is 10.0 Å². The van der Waals surface area contributed by atoms with Crippen LogP contribution < -0.4 is 4.74 Å². The molecule has 0 amide bonds. The zero-order valence-electron chi connectivity index (χ0n) is 13.5. The van der Waals surface area contributed by atoms with E-state index in [1.54, 1.807) is 6.92 Å². The minimum absolute atomic E-state index is 0.127. The molecule has 0 saturated carbocycles. The van der Waals surface area contributed by atoms with Gasteiger partial charge in [-0.25, -0.2) is 12.8 Å². The topological polar surface area (TPSA) is 46.6 Å². The molecule has 0 spiro atoms. The van der Waals surface area contributed by atoms with Gasteiger partial charge in [0.15, 0.2) is 0 Å². The van der Waals surface area contributed by atoms with Gasteiger partial charge in [0.1, 0.15) is 17.7 Å². The van der Waals surface area contributed by atoms with Gasteiger partial charge in [0, 0.05) is 6.54 Å². The van der Waals surface area contributed by atoms with E-state index in [1.165, 1.54) is 22.5 Å². The van der Waals surface area contributed by atoms with E-state index in [2.05, 4.69) is 0 Å². The van der Waals surface area contributed by atoms with Gasteiger partial charge in [-0.1, -0.05) is 18.2 Å². The molecule has 3 rings (SSSR count). The molecule has 0 N–H and O–H groups in total. The second-order valence-corrected chi connectivity index (χ2v) is 7.91. The number of aryl methyl sites for hydroxylation is 1. The maximum absolute atomic E-state index is 13.4. The minimum Gasteiger partial charge on any atom is -0.489 e. The van der Waals surface area contributed by atoms with Crippen molar-refractivity contribution in [2.75, 3.05) is 13.1 Å². The maximum Gasteiger partial charge on any atom is 0.243 e. The van der Waals surface area contributed by atoms with Crippen LogP contribution in [0.4, 0.5) is 4.39 Å². The van der Waals surface area contributed by atoms with E-state index in [-0.39, 0.29) is 11.0 Å². The number of hydrogen-bond donors (Lipinski definition) is 0. The summed E-state index contributed by atoms with van der Waals surface area (Å²) in [5.41, 5.74) is 0.324. The highest BCUT2D eigenvalue weighted by Crippen LogP contribution is 2.24. The normalized spacial score (nSPS) is 19.2. The third-order valence-corrected chi connectivity index (χ3v) is 6.02. The molecule has 1 aliphatic heterocycles. The first-order valence-corrected chi connectivity index (χ1v) is 9.39. The Morgan fingerprint density at radius 1 is 1.17 bits per heavy atom. The number of halogens is 1. The fraction of sp³-hybridized carbons (Fsp3) is 0.333. The SMILES string of the molecule is Cc1cc(S(=O)(=O)N2CCCC(Oc3ccccc3)C2)ccc1F. The molecule has 0 bridgehead atoms. The lowest BCUT2D eigenvalue weighted by atomic mass is 10.1. The average molecular weight is 349 g/mol. The van der Waals surface area contributed by atoms with Crippen molar-refractivity contribution < 1.29 is 17.5 Å². The predicted octanol–water partition coefficient (Wildman–Crippen LogP) is 3.37. The summed E-state index contributed by atoms with van der Waals surface area (Å²) < 4.78 is 46.3. The van der Waals surface area contributed by atoms with E-state index in [1.807, 2.05) is 30.3 Å². The number of nitrogens with zero attached hydrogens (tertiary/aromatic N) is 1. The molecule has 2 aromatic rings. The van der Waals surface area contributed by atoms with Gasteiger partial charge in [0.2, 0.25) is 10.0 Å². The standard InChI is InChI=1S/C18H20FNO3S/c1-14-12-17(9-10-18(14)19)24(21,22)20-11-5-8-16(13-20)23-15-6-3-2-4-7-15/h2-4,6-7,9-10,12,16H,5,8,11,13H2,1H3. The summed E-state index contributed by atoms with van der Waals surface area (Å²) in [6, 6.07) is 13.3. The van der Waals surface area contributed by atoms with Crippen molar-refractivity contribution in [1.82, 2.24) is 4.31 Å². The third-order valence-electron chi connectivity index (χ3n) is 4.15. The van der Waals surface area contributed by atoms with Gasteiger partial charge < -0.3 is 4.74 Å². The van der Waals surface area contributed by atoms with Crippen LogP contribution in [0.1, 0.15) is 18.4 Å². The molecule has 0 radical (unpaired) electrons. The summed E-state index contributed by atoms with van der Waals surface area (Å²) in [6.07, 6.45) is 1.36. The number of ether oxygens (including phenoxy) is 1. The van der Waals surface area contributed by atoms with Crippen LogP contribution in [0.15, 0.2) is 53.4 Å². The lowest BCUT2D eigenvalue weighted by Gasteiger charge is -2.32. The summed E-state index contributed by atoms with van der Waals surface area (Å²) in [5.74, 6) is 0.331. The molecular weight excluding hydrogens is 329 g/mol. The van der Waals surface area contributed by atoms with Gasteiger partial charge in [-0.15, -0.1) is 0 Å². The average Bonchev–Trinajstić information content (AvgIpc) is 2.58. The Morgan fingerprint density at radius 2 is 1.92 bits per heavy atom. The zero-order valence-corrected chi connectivity index (χ0v) is 14.3. The van der Waals surface area contributed by atoms with Gasteiger partial charge in [-0.3, -0.25) is 0 Å². The number of piperidine rings is 1. The molecule has 1 heterocycles. The summed E-state index contributed by atoms with van der Waals surface area (Å²) in [7, 11) is -3.64. The summed E-state index contributed by atoms with van der Waals surface area (Å²) >= 11 is 0. The number of para-hydroxylation sites is 1. The van der Waals surface area contributed by atoms with Crippen LogP contribution in [-0.4, -0.2) is 31.9 Å². The molecule has 24 heavy (non-hydrogen) atoms. The van der Waals surface area contributed by atoms with E-state index in [0.717, 1.165) is 18.6 Å². The molecule has 1 saturated heterocycles. The molecule has 6 heteroatoms. The van der Waals surface area contributed by atoms with Gasteiger partial charge in [-0.2, -0.15) is 4.31 Å². The van der Waals surface area contributed by atoms with Crippen LogP contribution in [0.3, 0.4) is 0 Å². The van der Waals surface area contributed by atoms with Crippen molar-refractivity contribution in [2.45, 2.75) is 30.8 Å². The number of hydrogen-bond acceptors (Lipinski definition) is 3. The lowest BCUT2D eigenvalue weighted by Crippen LogP contribution is -2.44. The fourth-order valence-corrected chi connectivity index (χ4v) is 4.43. The first kappa shape index (κ1) is 16.9. The number of sulfonamides is 1. The Kier molecular flexibility index (Phi) is 4.87. The van der Waals surface area contributed by atoms with E-state index >= 15 is 0 Å². The zero-order chi connectivity index (χ0) is 17.2. The van der Waals surface area contributed by atoms with E-state index < -0.39 is 15.8 Å². The van der Waals surface area contributed by atoms with E-state index in [0.29, 0.717) is 18.7 Å². The quantitative estimate of drug-likeness (QED) is 0.850. The Bertz CT molecular complexity index is 808. The van der Waals surface area contributed by atoms with Gasteiger partial charge in [0.25, 0.3) is 0 Å². The largest absolute Gasteiger partial charge is 0.489 e. The van der Waals surface area contributed by atoms with Crippen LogP contribution in [0, 0.1) is 12.7 Å². The molecule has 4 nitrogen and oxygen atoms in total. The third kappa shape index (κ3) is 3.60. The Labute approximate surface area is 141 Å². The molecule has 2 aromatic carbocycles. The second-order valence-electron chi connectivity index (χ2n) is 5.97. The highest BCUT2D eigenvalue weighted by molar-refractivity contribution is 7.89. The van der Waals surface area contributed by atoms with Crippen LogP contribution in [0.2, 0.25) is 0 Å². The summed E-state index contributed by atoms with van der Waals surface area (Å²) in [6.45, 7) is 2.31. The molecule has 0 aromatic heterocycles. The van der Waals surface area contributed by atoms with Gasteiger partial charge in [0.05, 0.1) is 11.4 Å². The van der Waals surface area contributed by atoms with Crippen molar-refractivity contribution in [3.63, 3.8) is 0 Å². The first-order valence-electron chi connectivity index (χ1n) is 7.95. The van der Waals surface area contributed by atoms with Crippen molar-refractivity contribution in [2.24, 2.45) is 0 Å². The van der Waals surface area contributed by atoms with Gasteiger partial charge in [-0.05, 0) is 55.7 Å². The summed E-state index contributed by atoms with van der Waals surface area (Å²) in [4.78, 5) is 0.127. The van der Waals surface area contributed by atoms with E-state index in [9.17, 15) is 12.8 Å². The molecule has 128 valence electrons. The molecular formula is C18H20FNO3S. The fourth-order valence-electron chi connectivity index (χ4n) is 2.84. The Morgan fingerprint density at radius 3 is 2.62 bits per heavy atom. The monoisotopic (exact) mass is 349 g/mol. The molecule has 1 atom stereocenters. The Balaban J connectivity index is 1.77. The van der Waals surface area contributed by atoms with Crippen LogP contribution in [0.5, 0.6) is 5.75 Å². The van der Waals surface area contributed by atoms with Crippen molar-refractivity contribution in [1.29, 1.82) is 0 Å². The highest BCUT2D eigenvalue weighted by atomic mass is 32.2.